The van der Waals surface area contributed by atoms with Crippen LogP contribution in [0.4, 0.5) is 0 Å². The normalized spacial score (nSPS) is 20.4. The molecule has 0 unspecified atom stereocenters. The predicted octanol–water partition coefficient (Wildman–Crippen LogP) is 3.61. The lowest BCUT2D eigenvalue weighted by Gasteiger charge is -1.99. The van der Waals surface area contributed by atoms with E-state index < -0.39 is 0 Å². The van der Waals surface area contributed by atoms with Crippen molar-refractivity contribution in [2.75, 3.05) is 0 Å². The number of carbonyl (C=O) groups excluding carboxylic acids is 1. The minimum Gasteiger partial charge on any atom is -0.273 e. The molecule has 110 valence electrons. The molecule has 0 aromatic heterocycles. The zero-order valence-electron chi connectivity index (χ0n) is 12.2. The highest BCUT2D eigenvalue weighted by atomic mass is 16.2. The van der Waals surface area contributed by atoms with Crippen molar-refractivity contribution in [1.29, 1.82) is 0 Å². The highest BCUT2D eigenvalue weighted by Gasteiger charge is 2.43. The summed E-state index contributed by atoms with van der Waals surface area (Å²) in [6.07, 6.45) is 6.27. The highest BCUT2D eigenvalue weighted by Crippen LogP contribution is 2.47. The fourth-order valence-electron chi connectivity index (χ4n) is 2.50. The molecule has 1 saturated carbocycles. The Hall–Kier alpha value is -2.68. The van der Waals surface area contributed by atoms with Crippen LogP contribution in [0.1, 0.15) is 23.5 Å². The molecule has 0 radical (unpaired) electrons. The van der Waals surface area contributed by atoms with Crippen molar-refractivity contribution in [1.82, 2.24) is 5.43 Å². The van der Waals surface area contributed by atoms with Crippen LogP contribution in [0.15, 0.2) is 71.8 Å². The summed E-state index contributed by atoms with van der Waals surface area (Å²) >= 11 is 0. The third-order valence-electron chi connectivity index (χ3n) is 3.78. The number of carbonyl (C=O) groups is 1. The first-order valence-corrected chi connectivity index (χ1v) is 7.44. The van der Waals surface area contributed by atoms with E-state index in [9.17, 15) is 4.79 Å². The van der Waals surface area contributed by atoms with Crippen molar-refractivity contribution >= 4 is 18.2 Å². The van der Waals surface area contributed by atoms with E-state index in [1.807, 2.05) is 60.7 Å². The number of nitrogens with zero attached hydrogens (tertiary/aromatic N) is 1. The van der Waals surface area contributed by atoms with Crippen LogP contribution in [0.2, 0.25) is 0 Å². The molecule has 2 atom stereocenters. The van der Waals surface area contributed by atoms with Crippen LogP contribution in [-0.2, 0) is 4.79 Å². The Balaban J connectivity index is 1.46. The van der Waals surface area contributed by atoms with Gasteiger partial charge in [0.1, 0.15) is 0 Å². The Kier molecular flexibility index (Phi) is 4.44. The van der Waals surface area contributed by atoms with E-state index >= 15 is 0 Å². The second-order valence-electron chi connectivity index (χ2n) is 5.38. The number of rotatable bonds is 5. The molecule has 0 saturated heterocycles. The second-order valence-corrected chi connectivity index (χ2v) is 5.38. The topological polar surface area (TPSA) is 41.5 Å². The van der Waals surface area contributed by atoms with Crippen LogP contribution in [0.5, 0.6) is 0 Å². The first kappa shape index (κ1) is 14.3. The first-order valence-electron chi connectivity index (χ1n) is 7.44. The fourth-order valence-corrected chi connectivity index (χ4v) is 2.50. The number of amides is 1. The Morgan fingerprint density at radius 3 is 2.45 bits per heavy atom. The average molecular weight is 290 g/mol. The van der Waals surface area contributed by atoms with E-state index in [0.29, 0.717) is 5.92 Å². The lowest BCUT2D eigenvalue weighted by atomic mass is 10.1. The van der Waals surface area contributed by atoms with Gasteiger partial charge in [0.15, 0.2) is 0 Å². The van der Waals surface area contributed by atoms with E-state index in [2.05, 4.69) is 22.7 Å². The molecule has 0 heterocycles. The van der Waals surface area contributed by atoms with Gasteiger partial charge in [0.05, 0.1) is 0 Å². The molecule has 1 fully saturated rings. The summed E-state index contributed by atoms with van der Waals surface area (Å²) in [4.78, 5) is 12.0. The van der Waals surface area contributed by atoms with Gasteiger partial charge >= 0.3 is 0 Å². The van der Waals surface area contributed by atoms with Crippen LogP contribution in [0.3, 0.4) is 0 Å². The van der Waals surface area contributed by atoms with E-state index in [1.54, 1.807) is 6.21 Å². The van der Waals surface area contributed by atoms with Crippen molar-refractivity contribution in [3.63, 3.8) is 0 Å². The molecule has 3 nitrogen and oxygen atoms in total. The molecule has 0 spiro atoms. The Bertz CT molecular complexity index is 677. The van der Waals surface area contributed by atoms with Crippen molar-refractivity contribution in [3.8, 4) is 0 Å². The Morgan fingerprint density at radius 1 is 1.05 bits per heavy atom. The molecule has 22 heavy (non-hydrogen) atoms. The maximum atomic E-state index is 12.0. The smallest absolute Gasteiger partial charge is 0.243 e. The standard InChI is InChI=1S/C19H18N2O/c22-19(18-14-17(18)16-11-5-2-6-12-16)21-20-13-7-10-15-8-3-1-4-9-15/h1-13,17-18H,14H2,(H,21,22)/b10-7+,20-13-/t17-,18+/m1/s1. The molecule has 0 aliphatic heterocycles. The van der Waals surface area contributed by atoms with Gasteiger partial charge in [-0.2, -0.15) is 5.10 Å². The van der Waals surface area contributed by atoms with Gasteiger partial charge in [0.2, 0.25) is 5.91 Å². The second kappa shape index (κ2) is 6.85. The van der Waals surface area contributed by atoms with Gasteiger partial charge in [-0.15, -0.1) is 0 Å². The molecular weight excluding hydrogens is 272 g/mol. The van der Waals surface area contributed by atoms with E-state index in [1.165, 1.54) is 5.56 Å². The summed E-state index contributed by atoms with van der Waals surface area (Å²) in [6, 6.07) is 20.1. The molecule has 1 amide bonds. The number of hydrogen-bond acceptors (Lipinski definition) is 2. The van der Waals surface area contributed by atoms with E-state index in [0.717, 1.165) is 12.0 Å². The van der Waals surface area contributed by atoms with Crippen molar-refractivity contribution in [2.24, 2.45) is 11.0 Å². The van der Waals surface area contributed by atoms with Crippen LogP contribution in [0, 0.1) is 5.92 Å². The molecule has 2 aromatic carbocycles. The van der Waals surface area contributed by atoms with Gasteiger partial charge in [0.25, 0.3) is 0 Å². The van der Waals surface area contributed by atoms with Gasteiger partial charge < -0.3 is 0 Å². The van der Waals surface area contributed by atoms with Gasteiger partial charge in [-0.05, 0) is 29.5 Å². The number of nitrogens with one attached hydrogen (secondary N) is 1. The highest BCUT2D eigenvalue weighted by molar-refractivity contribution is 5.85. The summed E-state index contributed by atoms with van der Waals surface area (Å²) in [5.74, 6) is 0.395. The summed E-state index contributed by atoms with van der Waals surface area (Å²) in [5, 5.41) is 3.96. The molecule has 1 aliphatic carbocycles. The lowest BCUT2D eigenvalue weighted by Crippen LogP contribution is -2.19. The van der Waals surface area contributed by atoms with Gasteiger partial charge in [-0.3, -0.25) is 4.79 Å². The molecule has 1 N–H and O–H groups in total. The van der Waals surface area contributed by atoms with E-state index in [-0.39, 0.29) is 11.8 Å². The van der Waals surface area contributed by atoms with Crippen LogP contribution < -0.4 is 5.43 Å². The predicted molar refractivity (Wildman–Crippen MR) is 89.4 cm³/mol. The minimum absolute atomic E-state index is 0.00165. The summed E-state index contributed by atoms with van der Waals surface area (Å²) < 4.78 is 0. The molecule has 1 aliphatic rings. The van der Waals surface area contributed by atoms with Crippen molar-refractivity contribution < 1.29 is 4.79 Å². The monoisotopic (exact) mass is 290 g/mol. The number of hydrogen-bond donors (Lipinski definition) is 1. The van der Waals surface area contributed by atoms with Gasteiger partial charge in [-0.1, -0.05) is 66.7 Å². The molecule has 2 aromatic rings. The Morgan fingerprint density at radius 2 is 1.73 bits per heavy atom. The zero-order valence-corrected chi connectivity index (χ0v) is 12.2. The zero-order chi connectivity index (χ0) is 15.2. The molecule has 3 heteroatoms. The number of benzene rings is 2. The molecule has 0 bridgehead atoms. The third-order valence-corrected chi connectivity index (χ3v) is 3.78. The van der Waals surface area contributed by atoms with Crippen LogP contribution >= 0.6 is 0 Å². The van der Waals surface area contributed by atoms with Crippen LogP contribution in [0.25, 0.3) is 6.08 Å². The van der Waals surface area contributed by atoms with Crippen molar-refractivity contribution in [3.05, 3.63) is 77.9 Å². The molecule has 3 rings (SSSR count). The largest absolute Gasteiger partial charge is 0.273 e. The molecular formula is C19H18N2O. The number of allylic oxidation sites excluding steroid dienone is 1. The summed E-state index contributed by atoms with van der Waals surface area (Å²) in [6.45, 7) is 0. The Labute approximate surface area is 130 Å². The minimum atomic E-state index is -0.00165. The van der Waals surface area contributed by atoms with Gasteiger partial charge in [-0.25, -0.2) is 5.43 Å². The lowest BCUT2D eigenvalue weighted by molar-refractivity contribution is -0.122. The first-order chi connectivity index (χ1) is 10.8. The van der Waals surface area contributed by atoms with Crippen LogP contribution in [-0.4, -0.2) is 12.1 Å². The average Bonchev–Trinajstić information content (AvgIpc) is 3.37. The third kappa shape index (κ3) is 3.70. The van der Waals surface area contributed by atoms with E-state index in [4.69, 9.17) is 0 Å². The van der Waals surface area contributed by atoms with Crippen molar-refractivity contribution in [2.45, 2.75) is 12.3 Å². The maximum absolute atomic E-state index is 12.0. The fraction of sp³-hybridized carbons (Fsp3) is 0.158. The number of hydrazone groups is 1. The maximum Gasteiger partial charge on any atom is 0.243 e. The summed E-state index contributed by atoms with van der Waals surface area (Å²) in [5.41, 5.74) is 4.95. The summed E-state index contributed by atoms with van der Waals surface area (Å²) in [7, 11) is 0. The quantitative estimate of drug-likeness (QED) is 0.663. The SMILES string of the molecule is O=C(N/N=C\C=C\c1ccccc1)[C@H]1C[C@@H]1c1ccccc1. The van der Waals surface area contributed by atoms with Gasteiger partial charge in [0, 0.05) is 12.1 Å².